The van der Waals surface area contributed by atoms with E-state index in [-0.39, 0.29) is 12.3 Å². The van der Waals surface area contributed by atoms with Crippen molar-refractivity contribution < 1.29 is 19.4 Å². The first-order valence-corrected chi connectivity index (χ1v) is 10.1. The first-order chi connectivity index (χ1) is 14.0. The van der Waals surface area contributed by atoms with Crippen LogP contribution in [0.15, 0.2) is 48.5 Å². The molecule has 0 saturated heterocycles. The summed E-state index contributed by atoms with van der Waals surface area (Å²) >= 11 is 0. The van der Waals surface area contributed by atoms with Crippen LogP contribution in [0.4, 0.5) is 0 Å². The van der Waals surface area contributed by atoms with Crippen LogP contribution < -0.4 is 4.74 Å². The number of unbranched alkanes of at least 4 members (excludes halogenated alkanes) is 3. The van der Waals surface area contributed by atoms with Gasteiger partial charge in [-0.15, -0.1) is 0 Å². The normalized spacial score (nSPS) is 11.0. The third-order valence-corrected chi connectivity index (χ3v) is 5.03. The zero-order chi connectivity index (χ0) is 20.8. The molecule has 29 heavy (non-hydrogen) atoms. The van der Waals surface area contributed by atoms with Gasteiger partial charge in [-0.1, -0.05) is 38.3 Å². The highest BCUT2D eigenvalue weighted by Gasteiger charge is 2.17. The molecule has 5 heteroatoms. The van der Waals surface area contributed by atoms with E-state index in [9.17, 15) is 9.59 Å². The summed E-state index contributed by atoms with van der Waals surface area (Å²) in [7, 11) is 0. The number of aromatic nitrogens is 1. The van der Waals surface area contributed by atoms with Gasteiger partial charge < -0.3 is 9.84 Å². The summed E-state index contributed by atoms with van der Waals surface area (Å²) in [6.07, 6.45) is 4.54. The van der Waals surface area contributed by atoms with Gasteiger partial charge in [-0.05, 0) is 55.3 Å². The van der Waals surface area contributed by atoms with Crippen LogP contribution in [0.1, 0.15) is 54.2 Å². The number of fused-ring (bicyclic) bond motifs is 1. The van der Waals surface area contributed by atoms with Crippen molar-refractivity contribution >= 4 is 22.8 Å². The van der Waals surface area contributed by atoms with E-state index in [0.717, 1.165) is 35.2 Å². The van der Waals surface area contributed by atoms with Crippen molar-refractivity contribution in [2.75, 3.05) is 6.61 Å². The Bertz CT molecular complexity index is 1000. The number of aliphatic carboxylic acids is 1. The number of hydrogen-bond donors (Lipinski definition) is 1. The number of carboxylic acids is 1. The van der Waals surface area contributed by atoms with E-state index in [1.165, 1.54) is 12.8 Å². The van der Waals surface area contributed by atoms with Crippen molar-refractivity contribution in [3.05, 3.63) is 65.4 Å². The number of hydrogen-bond acceptors (Lipinski definition) is 3. The van der Waals surface area contributed by atoms with E-state index in [0.29, 0.717) is 17.7 Å². The summed E-state index contributed by atoms with van der Waals surface area (Å²) in [6.45, 7) is 4.72. The van der Waals surface area contributed by atoms with Gasteiger partial charge in [0.2, 0.25) is 0 Å². The second-order valence-corrected chi connectivity index (χ2v) is 7.28. The molecule has 0 unspecified atom stereocenters. The minimum Gasteiger partial charge on any atom is -0.494 e. The van der Waals surface area contributed by atoms with Crippen molar-refractivity contribution in [3.63, 3.8) is 0 Å². The largest absolute Gasteiger partial charge is 0.494 e. The van der Waals surface area contributed by atoms with Crippen molar-refractivity contribution in [1.82, 2.24) is 4.57 Å². The fourth-order valence-electron chi connectivity index (χ4n) is 3.55. The van der Waals surface area contributed by atoms with Crippen LogP contribution in [0.3, 0.4) is 0 Å². The second-order valence-electron chi connectivity index (χ2n) is 7.28. The molecule has 3 aromatic rings. The molecule has 0 bridgehead atoms. The Morgan fingerprint density at radius 3 is 2.48 bits per heavy atom. The average Bonchev–Trinajstić information content (AvgIpc) is 3.04. The molecule has 0 saturated carbocycles. The van der Waals surface area contributed by atoms with Crippen LogP contribution in [0, 0.1) is 6.92 Å². The van der Waals surface area contributed by atoms with E-state index in [1.807, 2.05) is 31.2 Å². The highest BCUT2D eigenvalue weighted by atomic mass is 16.5. The summed E-state index contributed by atoms with van der Waals surface area (Å²) in [5.74, 6) is -0.269. The van der Waals surface area contributed by atoms with Crippen molar-refractivity contribution in [2.45, 2.75) is 46.0 Å². The molecule has 0 fully saturated rings. The maximum Gasteiger partial charge on any atom is 0.307 e. The quantitative estimate of drug-likeness (QED) is 0.506. The van der Waals surface area contributed by atoms with Gasteiger partial charge in [0.05, 0.1) is 18.5 Å². The van der Waals surface area contributed by atoms with Crippen LogP contribution in [-0.2, 0) is 11.2 Å². The van der Waals surface area contributed by atoms with Crippen LogP contribution in [0.25, 0.3) is 10.9 Å². The maximum absolute atomic E-state index is 13.1. The summed E-state index contributed by atoms with van der Waals surface area (Å²) in [6, 6.07) is 14.5. The summed E-state index contributed by atoms with van der Waals surface area (Å²) < 4.78 is 7.39. The van der Waals surface area contributed by atoms with Crippen LogP contribution in [0.5, 0.6) is 5.75 Å². The molecule has 5 nitrogen and oxygen atoms in total. The maximum atomic E-state index is 13.1. The van der Waals surface area contributed by atoms with Gasteiger partial charge in [-0.25, -0.2) is 0 Å². The molecule has 1 heterocycles. The van der Waals surface area contributed by atoms with Crippen molar-refractivity contribution in [1.29, 1.82) is 0 Å². The third kappa shape index (κ3) is 4.86. The van der Waals surface area contributed by atoms with Gasteiger partial charge in [0.1, 0.15) is 5.75 Å². The highest BCUT2D eigenvalue weighted by Crippen LogP contribution is 2.25. The lowest BCUT2D eigenvalue weighted by molar-refractivity contribution is -0.136. The summed E-state index contributed by atoms with van der Waals surface area (Å²) in [5.41, 5.74) is 2.77. The van der Waals surface area contributed by atoms with E-state index in [4.69, 9.17) is 9.84 Å². The van der Waals surface area contributed by atoms with E-state index in [1.54, 1.807) is 28.8 Å². The Morgan fingerprint density at radius 1 is 1.03 bits per heavy atom. The Labute approximate surface area is 170 Å². The highest BCUT2D eigenvalue weighted by molar-refractivity contribution is 6.04. The van der Waals surface area contributed by atoms with E-state index >= 15 is 0 Å². The minimum absolute atomic E-state index is 0.0702. The van der Waals surface area contributed by atoms with Crippen LogP contribution in [0.2, 0.25) is 0 Å². The smallest absolute Gasteiger partial charge is 0.307 e. The second kappa shape index (κ2) is 9.41. The molecule has 0 spiro atoms. The monoisotopic (exact) mass is 393 g/mol. The number of carboxylic acid groups (broad SMARTS) is 1. The molecular formula is C24H27NO4. The Hall–Kier alpha value is -3.08. The zero-order valence-electron chi connectivity index (χ0n) is 17.0. The molecule has 152 valence electrons. The Morgan fingerprint density at radius 2 is 1.79 bits per heavy atom. The molecule has 3 rings (SSSR count). The molecule has 0 radical (unpaired) electrons. The summed E-state index contributed by atoms with van der Waals surface area (Å²) in [4.78, 5) is 24.3. The number of nitrogens with zero attached hydrogens (tertiary/aromatic N) is 1. The van der Waals surface area contributed by atoms with Crippen molar-refractivity contribution in [2.24, 2.45) is 0 Å². The fraction of sp³-hybridized carbons (Fsp3) is 0.333. The predicted molar refractivity (Wildman–Crippen MR) is 114 cm³/mol. The number of rotatable bonds is 9. The van der Waals surface area contributed by atoms with Gasteiger partial charge in [-0.3, -0.25) is 14.2 Å². The van der Waals surface area contributed by atoms with Gasteiger partial charge in [0.25, 0.3) is 5.91 Å². The molecule has 0 aliphatic carbocycles. The molecule has 2 aromatic carbocycles. The molecular weight excluding hydrogens is 366 g/mol. The molecule has 0 atom stereocenters. The summed E-state index contributed by atoms with van der Waals surface area (Å²) in [5, 5.41) is 9.93. The average molecular weight is 393 g/mol. The number of carbonyl (C=O) groups excluding carboxylic acids is 1. The predicted octanol–water partition coefficient (Wildman–Crippen LogP) is 5.22. The SMILES string of the molecule is CCCCCCOc1ccc(C(=O)n2c(C)cc3c(CC(=O)O)cccc32)cc1. The lowest BCUT2D eigenvalue weighted by Crippen LogP contribution is -2.13. The fourth-order valence-corrected chi connectivity index (χ4v) is 3.55. The van der Waals surface area contributed by atoms with Crippen LogP contribution >= 0.6 is 0 Å². The number of carbonyl (C=O) groups is 2. The van der Waals surface area contributed by atoms with Gasteiger partial charge >= 0.3 is 5.97 Å². The van der Waals surface area contributed by atoms with Gasteiger partial charge in [0, 0.05) is 16.6 Å². The van der Waals surface area contributed by atoms with E-state index in [2.05, 4.69) is 6.92 Å². The lowest BCUT2D eigenvalue weighted by atomic mass is 10.1. The molecule has 0 amide bonds. The topological polar surface area (TPSA) is 68.5 Å². The van der Waals surface area contributed by atoms with E-state index < -0.39 is 5.97 Å². The number of ether oxygens (including phenoxy) is 1. The first-order valence-electron chi connectivity index (χ1n) is 10.1. The van der Waals surface area contributed by atoms with Gasteiger partial charge in [-0.2, -0.15) is 0 Å². The standard InChI is InChI=1S/C24H27NO4/c1-3-4-5-6-14-29-20-12-10-18(11-13-20)24(28)25-17(2)15-21-19(16-23(26)27)8-7-9-22(21)25/h7-13,15H,3-6,14,16H2,1-2H3,(H,26,27). The first kappa shape index (κ1) is 20.6. The number of aryl methyl sites for hydroxylation is 1. The lowest BCUT2D eigenvalue weighted by Gasteiger charge is -2.09. The Kier molecular flexibility index (Phi) is 6.70. The Balaban J connectivity index is 1.79. The zero-order valence-corrected chi connectivity index (χ0v) is 17.0. The third-order valence-electron chi connectivity index (χ3n) is 5.03. The van der Waals surface area contributed by atoms with Gasteiger partial charge in [0.15, 0.2) is 0 Å². The van der Waals surface area contributed by atoms with Crippen molar-refractivity contribution in [3.8, 4) is 5.75 Å². The molecule has 1 N–H and O–H groups in total. The minimum atomic E-state index is -0.889. The molecule has 0 aliphatic rings. The molecule has 0 aliphatic heterocycles. The molecule has 1 aromatic heterocycles. The van der Waals surface area contributed by atoms with Crippen LogP contribution in [-0.4, -0.2) is 28.2 Å². The number of benzene rings is 2.